The van der Waals surface area contributed by atoms with Crippen molar-refractivity contribution in [1.82, 2.24) is 15.2 Å². The minimum Gasteiger partial charge on any atom is -0.477 e. The fourth-order valence-electron chi connectivity index (χ4n) is 2.65. The number of nitrogens with two attached hydrogens (primary N) is 1. The Hall–Kier alpha value is -1.86. The summed E-state index contributed by atoms with van der Waals surface area (Å²) < 4.78 is 11.0. The molecule has 2 aliphatic rings. The lowest BCUT2D eigenvalue weighted by Gasteiger charge is -2.26. The molecular formula is C18H29N5O2. The summed E-state index contributed by atoms with van der Waals surface area (Å²) in [7, 11) is 0. The maximum Gasteiger partial charge on any atom is 0.213 e. The monoisotopic (exact) mass is 347 g/mol. The Morgan fingerprint density at radius 2 is 2.20 bits per heavy atom. The third-order valence-electron chi connectivity index (χ3n) is 4.45. The maximum absolute atomic E-state index is 5.92. The lowest BCUT2D eigenvalue weighted by molar-refractivity contribution is 0.0376. The molecular weight excluding hydrogens is 318 g/mol. The Morgan fingerprint density at radius 1 is 1.36 bits per heavy atom. The van der Waals surface area contributed by atoms with Crippen LogP contribution in [0.1, 0.15) is 24.8 Å². The average molecular weight is 347 g/mol. The van der Waals surface area contributed by atoms with Crippen LogP contribution in [0.5, 0.6) is 5.88 Å². The quantitative estimate of drug-likeness (QED) is 0.394. The van der Waals surface area contributed by atoms with Gasteiger partial charge in [0, 0.05) is 31.9 Å². The summed E-state index contributed by atoms with van der Waals surface area (Å²) in [5.74, 6) is 1.91. The van der Waals surface area contributed by atoms with Crippen molar-refractivity contribution in [3.8, 4) is 5.88 Å². The van der Waals surface area contributed by atoms with Crippen LogP contribution in [0.25, 0.3) is 0 Å². The lowest BCUT2D eigenvalue weighted by atomic mass is 10.3. The van der Waals surface area contributed by atoms with Crippen LogP contribution >= 0.6 is 0 Å². The van der Waals surface area contributed by atoms with Gasteiger partial charge in [0.1, 0.15) is 0 Å². The standard InChI is InChI=1S/C18H29N5O2/c19-18(20-6-1-7-23-8-10-24-11-9-23)22-13-16-4-5-17(21-12-16)25-14-15-2-3-15/h4-5,12,15H,1-3,6-11,13-14H2,(H3,19,20,22). The highest BCUT2D eigenvalue weighted by atomic mass is 16.5. The van der Waals surface area contributed by atoms with Gasteiger partial charge in [0.05, 0.1) is 26.4 Å². The van der Waals surface area contributed by atoms with E-state index in [1.165, 1.54) is 12.8 Å². The Kier molecular flexibility index (Phi) is 6.88. The number of aliphatic imine (C=N–C) groups is 1. The van der Waals surface area contributed by atoms with Crippen molar-refractivity contribution in [3.63, 3.8) is 0 Å². The molecule has 138 valence electrons. The van der Waals surface area contributed by atoms with Crippen LogP contribution in [-0.2, 0) is 11.3 Å². The molecule has 3 N–H and O–H groups in total. The van der Waals surface area contributed by atoms with E-state index in [1.54, 1.807) is 6.20 Å². The molecule has 25 heavy (non-hydrogen) atoms. The Labute approximate surface area is 149 Å². The Morgan fingerprint density at radius 3 is 2.92 bits per heavy atom. The number of hydrogen-bond acceptors (Lipinski definition) is 5. The SMILES string of the molecule is NC(=NCc1ccc(OCC2CC2)nc1)NCCCN1CCOCC1. The van der Waals surface area contributed by atoms with E-state index in [0.29, 0.717) is 18.4 Å². The molecule has 1 saturated carbocycles. The Bertz CT molecular complexity index is 539. The third kappa shape index (κ3) is 6.88. The predicted molar refractivity (Wildman–Crippen MR) is 97.7 cm³/mol. The topological polar surface area (TPSA) is 85.0 Å². The van der Waals surface area contributed by atoms with Gasteiger partial charge in [-0.1, -0.05) is 6.07 Å². The van der Waals surface area contributed by atoms with Crippen LogP contribution in [-0.4, -0.2) is 61.8 Å². The molecule has 0 spiro atoms. The second-order valence-corrected chi connectivity index (χ2v) is 6.69. The van der Waals surface area contributed by atoms with Crippen molar-refractivity contribution in [3.05, 3.63) is 23.9 Å². The molecule has 1 aromatic heterocycles. The number of morpholine rings is 1. The average Bonchev–Trinajstić information content (AvgIpc) is 3.48. The van der Waals surface area contributed by atoms with E-state index in [4.69, 9.17) is 15.2 Å². The summed E-state index contributed by atoms with van der Waals surface area (Å²) in [6.07, 6.45) is 5.42. The van der Waals surface area contributed by atoms with Crippen LogP contribution < -0.4 is 15.8 Å². The molecule has 1 aliphatic heterocycles. The van der Waals surface area contributed by atoms with E-state index in [1.807, 2.05) is 12.1 Å². The first kappa shape index (κ1) is 17.9. The van der Waals surface area contributed by atoms with Gasteiger partial charge in [-0.25, -0.2) is 9.98 Å². The number of nitrogens with zero attached hydrogens (tertiary/aromatic N) is 3. The van der Waals surface area contributed by atoms with Gasteiger partial charge in [0.25, 0.3) is 0 Å². The zero-order chi connectivity index (χ0) is 17.3. The van der Waals surface area contributed by atoms with Crippen molar-refractivity contribution >= 4 is 5.96 Å². The van der Waals surface area contributed by atoms with Crippen LogP contribution in [0.3, 0.4) is 0 Å². The molecule has 7 nitrogen and oxygen atoms in total. The largest absolute Gasteiger partial charge is 0.477 e. The molecule has 0 atom stereocenters. The van der Waals surface area contributed by atoms with Gasteiger partial charge in [-0.05, 0) is 37.3 Å². The van der Waals surface area contributed by atoms with E-state index in [2.05, 4.69) is 20.2 Å². The second kappa shape index (κ2) is 9.58. The number of hydrogen-bond donors (Lipinski definition) is 2. The zero-order valence-corrected chi connectivity index (χ0v) is 14.8. The summed E-state index contributed by atoms with van der Waals surface area (Å²) in [5, 5.41) is 3.17. The third-order valence-corrected chi connectivity index (χ3v) is 4.45. The highest BCUT2D eigenvalue weighted by Gasteiger charge is 2.22. The van der Waals surface area contributed by atoms with Crippen molar-refractivity contribution in [2.75, 3.05) is 46.0 Å². The summed E-state index contributed by atoms with van der Waals surface area (Å²) in [5.41, 5.74) is 6.94. The molecule has 1 saturated heterocycles. The van der Waals surface area contributed by atoms with Gasteiger partial charge in [-0.2, -0.15) is 0 Å². The minimum atomic E-state index is 0.482. The van der Waals surface area contributed by atoms with Crippen LogP contribution in [0.15, 0.2) is 23.3 Å². The van der Waals surface area contributed by atoms with Gasteiger partial charge >= 0.3 is 0 Å². The molecule has 0 unspecified atom stereocenters. The van der Waals surface area contributed by atoms with Crippen LogP contribution in [0.2, 0.25) is 0 Å². The van der Waals surface area contributed by atoms with Crippen molar-refractivity contribution in [2.24, 2.45) is 16.6 Å². The lowest BCUT2D eigenvalue weighted by Crippen LogP contribution is -2.39. The van der Waals surface area contributed by atoms with E-state index >= 15 is 0 Å². The normalized spacial score (nSPS) is 19.0. The molecule has 1 aliphatic carbocycles. The van der Waals surface area contributed by atoms with E-state index < -0.39 is 0 Å². The molecule has 0 radical (unpaired) electrons. The smallest absolute Gasteiger partial charge is 0.213 e. The molecule has 0 amide bonds. The van der Waals surface area contributed by atoms with Crippen molar-refractivity contribution in [1.29, 1.82) is 0 Å². The van der Waals surface area contributed by atoms with E-state index in [0.717, 1.165) is 63.9 Å². The zero-order valence-electron chi connectivity index (χ0n) is 14.8. The summed E-state index contributed by atoms with van der Waals surface area (Å²) >= 11 is 0. The number of pyridine rings is 1. The molecule has 3 rings (SSSR count). The Balaban J connectivity index is 1.30. The van der Waals surface area contributed by atoms with Crippen LogP contribution in [0.4, 0.5) is 0 Å². The molecule has 2 heterocycles. The highest BCUT2D eigenvalue weighted by Crippen LogP contribution is 2.29. The molecule has 0 aromatic carbocycles. The number of aromatic nitrogens is 1. The van der Waals surface area contributed by atoms with Gasteiger partial charge in [0.2, 0.25) is 5.88 Å². The number of rotatable bonds is 9. The van der Waals surface area contributed by atoms with Crippen molar-refractivity contribution in [2.45, 2.75) is 25.8 Å². The molecule has 2 fully saturated rings. The summed E-state index contributed by atoms with van der Waals surface area (Å²) in [4.78, 5) is 11.1. The van der Waals surface area contributed by atoms with Crippen molar-refractivity contribution < 1.29 is 9.47 Å². The summed E-state index contributed by atoms with van der Waals surface area (Å²) in [6.45, 7) is 6.94. The molecule has 7 heteroatoms. The van der Waals surface area contributed by atoms with Gasteiger partial charge < -0.3 is 20.5 Å². The molecule has 1 aromatic rings. The highest BCUT2D eigenvalue weighted by molar-refractivity contribution is 5.77. The first-order valence-corrected chi connectivity index (χ1v) is 9.21. The van der Waals surface area contributed by atoms with E-state index in [-0.39, 0.29) is 0 Å². The van der Waals surface area contributed by atoms with Gasteiger partial charge in [-0.3, -0.25) is 4.90 Å². The van der Waals surface area contributed by atoms with Gasteiger partial charge in [0.15, 0.2) is 5.96 Å². The number of nitrogens with one attached hydrogen (secondary N) is 1. The van der Waals surface area contributed by atoms with Crippen LogP contribution in [0, 0.1) is 5.92 Å². The first-order chi connectivity index (χ1) is 12.3. The molecule has 0 bridgehead atoms. The summed E-state index contributed by atoms with van der Waals surface area (Å²) in [6, 6.07) is 3.89. The predicted octanol–water partition coefficient (Wildman–Crippen LogP) is 0.997. The van der Waals surface area contributed by atoms with Gasteiger partial charge in [-0.15, -0.1) is 0 Å². The number of ether oxygens (including phenoxy) is 2. The fraction of sp³-hybridized carbons (Fsp3) is 0.667. The minimum absolute atomic E-state index is 0.482. The fourth-order valence-corrected chi connectivity index (χ4v) is 2.65. The number of guanidine groups is 1. The first-order valence-electron chi connectivity index (χ1n) is 9.21. The maximum atomic E-state index is 5.92. The second-order valence-electron chi connectivity index (χ2n) is 6.69. The van der Waals surface area contributed by atoms with E-state index in [9.17, 15) is 0 Å².